The monoisotopic (exact) mass is 329 g/mol. The molecule has 1 atom stereocenters. The average Bonchev–Trinajstić information content (AvgIpc) is 2.84. The second-order valence-corrected chi connectivity index (χ2v) is 6.97. The van der Waals surface area contributed by atoms with Crippen molar-refractivity contribution in [2.75, 3.05) is 7.11 Å². The number of amides is 1. The van der Waals surface area contributed by atoms with E-state index in [0.717, 1.165) is 34.7 Å². The first-order valence-corrected chi connectivity index (χ1v) is 8.20. The molecule has 5 nitrogen and oxygen atoms in total. The van der Waals surface area contributed by atoms with Crippen molar-refractivity contribution >= 4 is 5.91 Å². The first kappa shape index (κ1) is 18.0. The Morgan fingerprint density at radius 3 is 2.67 bits per heavy atom. The third-order valence-corrected chi connectivity index (χ3v) is 4.25. The van der Waals surface area contributed by atoms with Gasteiger partial charge in [0, 0.05) is 16.8 Å². The van der Waals surface area contributed by atoms with Gasteiger partial charge in [0.05, 0.1) is 18.7 Å². The number of hydrogen-bond acceptors (Lipinski definition) is 3. The molecule has 0 spiro atoms. The maximum Gasteiger partial charge on any atom is 0.227 e. The molecule has 1 aromatic heterocycles. The van der Waals surface area contributed by atoms with Crippen molar-refractivity contribution in [1.29, 1.82) is 0 Å². The number of methoxy groups -OCH3 is 1. The van der Waals surface area contributed by atoms with E-state index in [-0.39, 0.29) is 17.4 Å². The molecule has 0 saturated heterocycles. The van der Waals surface area contributed by atoms with E-state index >= 15 is 0 Å². The Hall–Kier alpha value is -2.30. The summed E-state index contributed by atoms with van der Waals surface area (Å²) in [6.45, 7) is 9.85. The van der Waals surface area contributed by atoms with Crippen molar-refractivity contribution < 1.29 is 9.53 Å². The number of aromatic amines is 1. The largest absolute Gasteiger partial charge is 0.497 e. The quantitative estimate of drug-likeness (QED) is 0.854. The van der Waals surface area contributed by atoms with Crippen LogP contribution < -0.4 is 10.1 Å². The molecule has 0 aliphatic heterocycles. The van der Waals surface area contributed by atoms with E-state index in [1.54, 1.807) is 7.11 Å². The lowest BCUT2D eigenvalue weighted by atomic mass is 9.92. The summed E-state index contributed by atoms with van der Waals surface area (Å²) < 4.78 is 5.27. The number of nitrogens with zero attached hydrogens (tertiary/aromatic N) is 1. The molecule has 0 aliphatic rings. The molecule has 1 aromatic carbocycles. The van der Waals surface area contributed by atoms with Crippen molar-refractivity contribution in [3.05, 3.63) is 46.8 Å². The van der Waals surface area contributed by atoms with Crippen molar-refractivity contribution in [3.8, 4) is 5.75 Å². The molecular weight excluding hydrogens is 302 g/mol. The minimum Gasteiger partial charge on any atom is -0.497 e. The van der Waals surface area contributed by atoms with Gasteiger partial charge in [-0.1, -0.05) is 12.1 Å². The highest BCUT2D eigenvalue weighted by atomic mass is 16.5. The van der Waals surface area contributed by atoms with Crippen LogP contribution in [-0.2, 0) is 11.2 Å². The van der Waals surface area contributed by atoms with Gasteiger partial charge in [-0.3, -0.25) is 9.89 Å². The number of rotatable bonds is 6. The van der Waals surface area contributed by atoms with Crippen LogP contribution in [0.4, 0.5) is 0 Å². The first-order valence-electron chi connectivity index (χ1n) is 8.20. The van der Waals surface area contributed by atoms with Gasteiger partial charge in [-0.05, 0) is 58.7 Å². The van der Waals surface area contributed by atoms with Gasteiger partial charge in [-0.25, -0.2) is 0 Å². The second kappa shape index (κ2) is 7.07. The fraction of sp³-hybridized carbons (Fsp3) is 0.474. The number of nitrogens with one attached hydrogen (secondary N) is 2. The van der Waals surface area contributed by atoms with Crippen LogP contribution in [0.15, 0.2) is 24.3 Å². The first-order chi connectivity index (χ1) is 11.2. The van der Waals surface area contributed by atoms with Gasteiger partial charge >= 0.3 is 0 Å². The molecule has 0 bridgehead atoms. The van der Waals surface area contributed by atoms with Gasteiger partial charge in [0.15, 0.2) is 0 Å². The van der Waals surface area contributed by atoms with Crippen molar-refractivity contribution in [2.45, 2.75) is 52.5 Å². The van der Waals surface area contributed by atoms with Gasteiger partial charge in [-0.2, -0.15) is 5.10 Å². The van der Waals surface area contributed by atoms with Crippen molar-refractivity contribution in [1.82, 2.24) is 15.5 Å². The van der Waals surface area contributed by atoms with Gasteiger partial charge in [-0.15, -0.1) is 0 Å². The SMILES string of the molecule is COc1cccc(CC(C)(C)NC(=O)[C@H](C)c2c(C)n[nH]c2C)c1. The molecule has 0 saturated carbocycles. The molecule has 0 unspecified atom stereocenters. The molecule has 2 aromatic rings. The molecule has 2 rings (SSSR count). The van der Waals surface area contributed by atoms with Gasteiger partial charge < -0.3 is 10.1 Å². The number of ether oxygens (including phenoxy) is 1. The Morgan fingerprint density at radius 1 is 1.38 bits per heavy atom. The zero-order chi connectivity index (χ0) is 17.9. The van der Waals surface area contributed by atoms with E-state index in [2.05, 4.69) is 15.5 Å². The van der Waals surface area contributed by atoms with E-state index in [9.17, 15) is 4.79 Å². The lowest BCUT2D eigenvalue weighted by Gasteiger charge is -2.28. The maximum atomic E-state index is 12.7. The van der Waals surface area contributed by atoms with Crippen LogP contribution in [0.5, 0.6) is 5.75 Å². The second-order valence-electron chi connectivity index (χ2n) is 6.97. The molecule has 1 amide bonds. The zero-order valence-corrected chi connectivity index (χ0v) is 15.4. The molecule has 5 heteroatoms. The van der Waals surface area contributed by atoms with Crippen LogP contribution in [0.1, 0.15) is 49.2 Å². The zero-order valence-electron chi connectivity index (χ0n) is 15.4. The third kappa shape index (κ3) is 4.16. The smallest absolute Gasteiger partial charge is 0.227 e. The lowest BCUT2D eigenvalue weighted by Crippen LogP contribution is -2.46. The number of carbonyl (C=O) groups is 1. The third-order valence-electron chi connectivity index (χ3n) is 4.25. The Labute approximate surface area is 143 Å². The van der Waals surface area contributed by atoms with E-state index in [4.69, 9.17) is 4.74 Å². The van der Waals surface area contributed by atoms with Crippen LogP contribution in [0.25, 0.3) is 0 Å². The highest BCUT2D eigenvalue weighted by molar-refractivity contribution is 5.84. The molecule has 24 heavy (non-hydrogen) atoms. The maximum absolute atomic E-state index is 12.7. The summed E-state index contributed by atoms with van der Waals surface area (Å²) in [4.78, 5) is 12.7. The van der Waals surface area contributed by atoms with Gasteiger partial charge in [0.2, 0.25) is 5.91 Å². The molecule has 1 heterocycles. The van der Waals surface area contributed by atoms with E-state index < -0.39 is 0 Å². The molecule has 2 N–H and O–H groups in total. The topological polar surface area (TPSA) is 67.0 Å². The number of carbonyl (C=O) groups excluding carboxylic acids is 1. The average molecular weight is 329 g/mol. The van der Waals surface area contributed by atoms with E-state index in [1.165, 1.54) is 0 Å². The fourth-order valence-corrected chi connectivity index (χ4v) is 3.11. The number of aromatic nitrogens is 2. The predicted octanol–water partition coefficient (Wildman–Crippen LogP) is 3.28. The number of hydrogen-bond donors (Lipinski definition) is 2. The Bertz CT molecular complexity index is 700. The predicted molar refractivity (Wildman–Crippen MR) is 95.4 cm³/mol. The fourth-order valence-electron chi connectivity index (χ4n) is 3.11. The van der Waals surface area contributed by atoms with Crippen LogP contribution >= 0.6 is 0 Å². The Balaban J connectivity index is 2.08. The molecule has 0 radical (unpaired) electrons. The van der Waals surface area contributed by atoms with Crippen LogP contribution in [-0.4, -0.2) is 28.8 Å². The summed E-state index contributed by atoms with van der Waals surface area (Å²) in [5.41, 5.74) is 3.57. The summed E-state index contributed by atoms with van der Waals surface area (Å²) in [6.07, 6.45) is 0.728. The summed E-state index contributed by atoms with van der Waals surface area (Å²) in [5.74, 6) is 0.594. The molecule has 0 fully saturated rings. The highest BCUT2D eigenvalue weighted by Crippen LogP contribution is 2.23. The Kier molecular flexibility index (Phi) is 5.32. The van der Waals surface area contributed by atoms with Crippen LogP contribution in [0.3, 0.4) is 0 Å². The van der Waals surface area contributed by atoms with Gasteiger partial charge in [0.1, 0.15) is 5.75 Å². The van der Waals surface area contributed by atoms with E-state index in [1.807, 2.05) is 58.9 Å². The Morgan fingerprint density at radius 2 is 2.08 bits per heavy atom. The number of H-pyrrole nitrogens is 1. The molecule has 0 aliphatic carbocycles. The normalized spacial score (nSPS) is 12.8. The molecular formula is C19H27N3O2. The lowest BCUT2D eigenvalue weighted by molar-refractivity contribution is -0.123. The van der Waals surface area contributed by atoms with Crippen LogP contribution in [0, 0.1) is 13.8 Å². The van der Waals surface area contributed by atoms with Gasteiger partial charge in [0.25, 0.3) is 0 Å². The standard InChI is InChI=1S/C19H27N3O2/c1-12(17-13(2)21-22-14(17)3)18(23)20-19(4,5)11-15-8-7-9-16(10-15)24-6/h7-10,12H,11H2,1-6H3,(H,20,23)(H,21,22)/t12-/m1/s1. The summed E-state index contributed by atoms with van der Waals surface area (Å²) >= 11 is 0. The number of benzene rings is 1. The number of aryl methyl sites for hydroxylation is 2. The summed E-state index contributed by atoms with van der Waals surface area (Å²) in [6, 6.07) is 7.93. The minimum atomic E-state index is -0.358. The van der Waals surface area contributed by atoms with Crippen molar-refractivity contribution in [3.63, 3.8) is 0 Å². The summed E-state index contributed by atoms with van der Waals surface area (Å²) in [5, 5.41) is 10.3. The van der Waals surface area contributed by atoms with E-state index in [0.29, 0.717) is 0 Å². The van der Waals surface area contributed by atoms with Crippen molar-refractivity contribution in [2.24, 2.45) is 0 Å². The molecule has 130 valence electrons. The minimum absolute atomic E-state index is 0.00972. The van der Waals surface area contributed by atoms with Crippen LogP contribution in [0.2, 0.25) is 0 Å². The highest BCUT2D eigenvalue weighted by Gasteiger charge is 2.27. The summed E-state index contributed by atoms with van der Waals surface area (Å²) in [7, 11) is 1.66.